The molecule has 2 atom stereocenters. The summed E-state index contributed by atoms with van der Waals surface area (Å²) in [6.07, 6.45) is -0.578. The van der Waals surface area contributed by atoms with Crippen LogP contribution in [0.3, 0.4) is 0 Å². The van der Waals surface area contributed by atoms with Crippen molar-refractivity contribution in [2.24, 2.45) is 0 Å². The number of alkyl carbamates (subject to hydrolysis) is 1. The average molecular weight is 656 g/mol. The molecule has 1 saturated heterocycles. The minimum Gasteiger partial charge on any atom is -0.492 e. The highest BCUT2D eigenvalue weighted by atomic mass is 16.7. The molecule has 2 amide bonds. The maximum absolute atomic E-state index is 13.7. The van der Waals surface area contributed by atoms with Gasteiger partial charge in [-0.25, -0.2) is 14.4 Å². The fraction of sp³-hybridized carbons (Fsp3) is 0.515. The van der Waals surface area contributed by atoms with Crippen LogP contribution in [0.15, 0.2) is 48.5 Å². The number of nitrogens with one attached hydrogen (secondary N) is 2. The van der Waals surface area contributed by atoms with Crippen LogP contribution < -0.4 is 20.8 Å². The van der Waals surface area contributed by atoms with Crippen molar-refractivity contribution in [3.8, 4) is 5.75 Å². The van der Waals surface area contributed by atoms with Crippen LogP contribution in [0.1, 0.15) is 77.4 Å². The molecule has 1 aliphatic rings. The molecule has 1 heterocycles. The van der Waals surface area contributed by atoms with Gasteiger partial charge in [-0.3, -0.25) is 4.79 Å². The van der Waals surface area contributed by atoms with E-state index in [1.807, 2.05) is 27.7 Å². The van der Waals surface area contributed by atoms with Gasteiger partial charge in [-0.1, -0.05) is 30.3 Å². The molecule has 2 aromatic rings. The molecule has 47 heavy (non-hydrogen) atoms. The third kappa shape index (κ3) is 9.93. The normalized spacial score (nSPS) is 16.5. The standard InChI is InChI=1S/C33H46BN3O10/c1-21(28(39)42-10)36-27(38)26(37(9)45-29(40)22-14-12-11-13-15-22)23-16-17-25(43-19-18-35-30(41)44-31(2,3)4)24(20-23)34-46-32(5,6)33(7,8)47-34/h11-17,20-21,26H,18-19H2,1-10H3,(H,35,41)(H,36,38)/t21-,26-/m0/s1. The molecule has 3 rings (SSSR count). The highest BCUT2D eigenvalue weighted by molar-refractivity contribution is 6.63. The van der Waals surface area contributed by atoms with Crippen molar-refractivity contribution in [3.63, 3.8) is 0 Å². The lowest BCUT2D eigenvalue weighted by Gasteiger charge is -2.32. The molecule has 1 aliphatic heterocycles. The maximum atomic E-state index is 13.7. The van der Waals surface area contributed by atoms with Crippen LogP contribution in [0.4, 0.5) is 4.79 Å². The van der Waals surface area contributed by atoms with Crippen molar-refractivity contribution in [3.05, 3.63) is 59.7 Å². The number of hydrogen-bond acceptors (Lipinski definition) is 11. The summed E-state index contributed by atoms with van der Waals surface area (Å²) < 4.78 is 28.8. The van der Waals surface area contributed by atoms with Gasteiger partial charge >= 0.3 is 25.2 Å². The van der Waals surface area contributed by atoms with E-state index in [-0.39, 0.29) is 18.7 Å². The molecular weight excluding hydrogens is 609 g/mol. The van der Waals surface area contributed by atoms with Crippen LogP contribution >= 0.6 is 0 Å². The van der Waals surface area contributed by atoms with Crippen LogP contribution in [0.5, 0.6) is 5.75 Å². The second kappa shape index (κ2) is 15.2. The topological polar surface area (TPSA) is 151 Å². The number of hydroxylamine groups is 2. The first-order valence-corrected chi connectivity index (χ1v) is 15.3. The molecule has 0 radical (unpaired) electrons. The first kappa shape index (κ1) is 37.3. The van der Waals surface area contributed by atoms with Gasteiger partial charge in [-0.15, -0.1) is 5.06 Å². The number of carbonyl (C=O) groups is 4. The van der Waals surface area contributed by atoms with E-state index in [1.54, 1.807) is 69.3 Å². The number of carbonyl (C=O) groups excluding carboxylic acids is 4. The van der Waals surface area contributed by atoms with Gasteiger partial charge < -0.3 is 39.0 Å². The summed E-state index contributed by atoms with van der Waals surface area (Å²) in [6.45, 7) is 14.6. The number of likely N-dealkylation sites (N-methyl/N-ethyl adjacent to an activating group) is 1. The zero-order chi connectivity index (χ0) is 35.2. The van der Waals surface area contributed by atoms with E-state index in [2.05, 4.69) is 10.6 Å². The zero-order valence-corrected chi connectivity index (χ0v) is 28.8. The summed E-state index contributed by atoms with van der Waals surface area (Å²) in [6, 6.07) is 11.0. The zero-order valence-electron chi connectivity index (χ0n) is 28.8. The monoisotopic (exact) mass is 655 g/mol. The second-order valence-corrected chi connectivity index (χ2v) is 13.1. The predicted molar refractivity (Wildman–Crippen MR) is 174 cm³/mol. The maximum Gasteiger partial charge on any atom is 0.498 e. The number of benzene rings is 2. The van der Waals surface area contributed by atoms with Crippen molar-refractivity contribution in [1.29, 1.82) is 0 Å². The minimum atomic E-state index is -1.22. The highest BCUT2D eigenvalue weighted by Gasteiger charge is 2.52. The lowest BCUT2D eigenvalue weighted by Crippen LogP contribution is -2.46. The molecule has 14 heteroatoms. The number of rotatable bonds is 12. The summed E-state index contributed by atoms with van der Waals surface area (Å²) in [7, 11) is 1.76. The van der Waals surface area contributed by atoms with Gasteiger partial charge in [-0.05, 0) is 79.2 Å². The van der Waals surface area contributed by atoms with Crippen molar-refractivity contribution in [2.75, 3.05) is 27.3 Å². The predicted octanol–water partition coefficient (Wildman–Crippen LogP) is 3.31. The van der Waals surface area contributed by atoms with E-state index in [9.17, 15) is 19.2 Å². The molecule has 0 bridgehead atoms. The molecule has 256 valence electrons. The fourth-order valence-electron chi connectivity index (χ4n) is 4.52. The SMILES string of the molecule is COC(=O)[C@H](C)NC(=O)[C@H](c1ccc(OCCNC(=O)OC(C)(C)C)c(B2OC(C)(C)C(C)(C)O2)c1)N(C)OC(=O)c1ccccc1. The van der Waals surface area contributed by atoms with Gasteiger partial charge in [0.25, 0.3) is 0 Å². The summed E-state index contributed by atoms with van der Waals surface area (Å²) in [5.74, 6) is -1.59. The Morgan fingerprint density at radius 1 is 0.979 bits per heavy atom. The van der Waals surface area contributed by atoms with Gasteiger partial charge in [0.15, 0.2) is 0 Å². The Hall–Kier alpha value is -4.14. The summed E-state index contributed by atoms with van der Waals surface area (Å²) >= 11 is 0. The summed E-state index contributed by atoms with van der Waals surface area (Å²) in [4.78, 5) is 56.6. The van der Waals surface area contributed by atoms with E-state index < -0.39 is 59.9 Å². The number of nitrogens with zero attached hydrogens (tertiary/aromatic N) is 1. The number of amides is 2. The van der Waals surface area contributed by atoms with Crippen LogP contribution in [-0.2, 0) is 33.2 Å². The van der Waals surface area contributed by atoms with Crippen LogP contribution in [0, 0.1) is 0 Å². The minimum absolute atomic E-state index is 0.0836. The van der Waals surface area contributed by atoms with Crippen molar-refractivity contribution < 1.29 is 47.5 Å². The van der Waals surface area contributed by atoms with Crippen LogP contribution in [0.25, 0.3) is 0 Å². The molecule has 0 unspecified atom stereocenters. The van der Waals surface area contributed by atoms with Crippen molar-refractivity contribution in [2.45, 2.75) is 84.3 Å². The van der Waals surface area contributed by atoms with Gasteiger partial charge in [0.2, 0.25) is 5.91 Å². The molecule has 0 spiro atoms. The third-order valence-corrected chi connectivity index (χ3v) is 7.65. The van der Waals surface area contributed by atoms with E-state index in [4.69, 9.17) is 28.4 Å². The highest BCUT2D eigenvalue weighted by Crippen LogP contribution is 2.37. The number of methoxy groups -OCH3 is 1. The number of esters is 1. The lowest BCUT2D eigenvalue weighted by atomic mass is 9.77. The van der Waals surface area contributed by atoms with E-state index in [0.29, 0.717) is 16.8 Å². The average Bonchev–Trinajstić information content (AvgIpc) is 3.20. The quantitative estimate of drug-likeness (QED) is 0.150. The van der Waals surface area contributed by atoms with Gasteiger partial charge in [0.1, 0.15) is 30.0 Å². The van der Waals surface area contributed by atoms with E-state index in [0.717, 1.165) is 5.06 Å². The van der Waals surface area contributed by atoms with Crippen LogP contribution in [-0.4, -0.2) is 86.3 Å². The van der Waals surface area contributed by atoms with Crippen molar-refractivity contribution >= 4 is 36.5 Å². The molecular formula is C33H46BN3O10. The fourth-order valence-corrected chi connectivity index (χ4v) is 4.52. The third-order valence-electron chi connectivity index (χ3n) is 7.65. The van der Waals surface area contributed by atoms with Crippen LogP contribution in [0.2, 0.25) is 0 Å². The van der Waals surface area contributed by atoms with Crippen molar-refractivity contribution in [1.82, 2.24) is 15.7 Å². The van der Waals surface area contributed by atoms with Gasteiger partial charge in [0.05, 0.1) is 30.4 Å². The molecule has 0 saturated carbocycles. The van der Waals surface area contributed by atoms with Gasteiger partial charge in [0, 0.05) is 12.5 Å². The summed E-state index contributed by atoms with van der Waals surface area (Å²) in [5, 5.41) is 6.40. The molecule has 1 fully saturated rings. The number of ether oxygens (including phenoxy) is 3. The Morgan fingerprint density at radius 2 is 1.60 bits per heavy atom. The number of hydrogen-bond donors (Lipinski definition) is 2. The summed E-state index contributed by atoms with van der Waals surface area (Å²) in [5.41, 5.74) is -0.921. The molecule has 0 aliphatic carbocycles. The van der Waals surface area contributed by atoms with E-state index in [1.165, 1.54) is 21.1 Å². The van der Waals surface area contributed by atoms with Gasteiger partial charge in [-0.2, -0.15) is 0 Å². The first-order valence-electron chi connectivity index (χ1n) is 15.3. The smallest absolute Gasteiger partial charge is 0.492 e. The largest absolute Gasteiger partial charge is 0.498 e. The Labute approximate surface area is 276 Å². The molecule has 13 nitrogen and oxygen atoms in total. The molecule has 0 aromatic heterocycles. The molecule has 2 aromatic carbocycles. The lowest BCUT2D eigenvalue weighted by molar-refractivity contribution is -0.155. The Kier molecular flexibility index (Phi) is 12.1. The Bertz CT molecular complexity index is 1410. The van der Waals surface area contributed by atoms with E-state index >= 15 is 0 Å². The molecule has 2 N–H and O–H groups in total. The first-order chi connectivity index (χ1) is 21.8. The second-order valence-electron chi connectivity index (χ2n) is 13.1. The Morgan fingerprint density at radius 3 is 2.17 bits per heavy atom. The Balaban J connectivity index is 1.97.